The normalized spacial score (nSPS) is 18.1. The van der Waals surface area contributed by atoms with Gasteiger partial charge < -0.3 is 5.32 Å². The summed E-state index contributed by atoms with van der Waals surface area (Å²) in [7, 11) is 0. The largest absolute Gasteiger partial charge is 0.416 e. The van der Waals surface area contributed by atoms with E-state index in [1.807, 2.05) is 0 Å². The molecule has 0 aromatic heterocycles. The van der Waals surface area contributed by atoms with Crippen LogP contribution in [0.4, 0.5) is 26.3 Å². The maximum Gasteiger partial charge on any atom is 0.416 e. The summed E-state index contributed by atoms with van der Waals surface area (Å²) in [6.45, 7) is 0. The van der Waals surface area contributed by atoms with Crippen molar-refractivity contribution in [2.45, 2.75) is 17.6 Å². The molecule has 0 bridgehead atoms. The average molecular weight is 419 g/mol. The van der Waals surface area contributed by atoms with Crippen LogP contribution >= 0.6 is 24.0 Å². The fourth-order valence-corrected chi connectivity index (χ4v) is 4.00. The Morgan fingerprint density at radius 2 is 1.48 bits per heavy atom. The summed E-state index contributed by atoms with van der Waals surface area (Å²) in [5.74, 6) is 0. The van der Waals surface area contributed by atoms with Crippen LogP contribution in [0.3, 0.4) is 0 Å². The molecule has 0 saturated carbocycles. The van der Waals surface area contributed by atoms with Gasteiger partial charge in [-0.2, -0.15) is 26.3 Å². The number of rotatable bonds is 2. The van der Waals surface area contributed by atoms with Crippen LogP contribution in [0.5, 0.6) is 0 Å². The number of thiocarbonyl (C=S) groups is 1. The lowest BCUT2D eigenvalue weighted by Crippen LogP contribution is -2.23. The highest BCUT2D eigenvalue weighted by atomic mass is 32.2. The van der Waals surface area contributed by atoms with Gasteiger partial charge in [-0.15, -0.1) is 0 Å². The molecule has 1 aliphatic heterocycles. The van der Waals surface area contributed by atoms with Crippen molar-refractivity contribution in [1.29, 1.82) is 0 Å². The van der Waals surface area contributed by atoms with Gasteiger partial charge in [-0.3, -0.25) is 0 Å². The van der Waals surface area contributed by atoms with Crippen molar-refractivity contribution in [3.8, 4) is 0 Å². The zero-order valence-corrected chi connectivity index (χ0v) is 15.0. The second kappa shape index (κ2) is 7.20. The minimum absolute atomic E-state index is 0.0447. The quantitative estimate of drug-likeness (QED) is 0.445. The molecule has 1 heterocycles. The van der Waals surface area contributed by atoms with Gasteiger partial charge in [-0.25, -0.2) is 0 Å². The Labute approximate surface area is 160 Å². The molecule has 9 heteroatoms. The van der Waals surface area contributed by atoms with Gasteiger partial charge in [-0.05, 0) is 35.4 Å². The first-order valence-electron chi connectivity index (χ1n) is 7.59. The first-order chi connectivity index (χ1) is 12.6. The highest BCUT2D eigenvalue weighted by Crippen LogP contribution is 2.43. The molecule has 0 amide bonds. The topological polar surface area (TPSA) is 12.0 Å². The van der Waals surface area contributed by atoms with Gasteiger partial charge >= 0.3 is 12.4 Å². The summed E-state index contributed by atoms with van der Waals surface area (Å²) in [5, 5.41) is 2.13. The number of halogens is 6. The summed E-state index contributed by atoms with van der Waals surface area (Å²) in [6, 6.07) is 9.52. The van der Waals surface area contributed by atoms with Crippen molar-refractivity contribution in [2.75, 3.05) is 0 Å². The summed E-state index contributed by atoms with van der Waals surface area (Å²) in [6.07, 6.45) is -7.45. The van der Waals surface area contributed by atoms with E-state index in [0.29, 0.717) is 11.3 Å². The number of thioether (sulfide) groups is 1. The van der Waals surface area contributed by atoms with Gasteiger partial charge in [0.05, 0.1) is 16.4 Å². The second-order valence-electron chi connectivity index (χ2n) is 5.69. The number of alkyl halides is 6. The number of hydrogen-bond donors (Lipinski definition) is 1. The third kappa shape index (κ3) is 4.47. The van der Waals surface area contributed by atoms with Crippen molar-refractivity contribution < 1.29 is 26.3 Å². The summed E-state index contributed by atoms with van der Waals surface area (Å²) in [5.41, 5.74) is -0.758. The molecule has 1 N–H and O–H groups in total. The number of hydrogen-bond acceptors (Lipinski definition) is 2. The highest BCUT2D eigenvalue weighted by Gasteiger charge is 2.36. The van der Waals surface area contributed by atoms with Crippen LogP contribution in [0.2, 0.25) is 0 Å². The SMILES string of the molecule is FC(F)(F)c1ccc(C2=CC(c3ccccc3C(F)(F)F)SC(=S)N2)cc1. The van der Waals surface area contributed by atoms with E-state index in [2.05, 4.69) is 5.32 Å². The number of nitrogens with one attached hydrogen (secondary N) is 1. The lowest BCUT2D eigenvalue weighted by molar-refractivity contribution is -0.138. The molecule has 142 valence electrons. The lowest BCUT2D eigenvalue weighted by atomic mass is 10.0. The van der Waals surface area contributed by atoms with Crippen LogP contribution in [0.25, 0.3) is 5.70 Å². The van der Waals surface area contributed by atoms with Gasteiger partial charge in [0, 0.05) is 5.70 Å². The first-order valence-corrected chi connectivity index (χ1v) is 8.88. The maximum absolute atomic E-state index is 13.3. The van der Waals surface area contributed by atoms with Crippen molar-refractivity contribution in [3.05, 3.63) is 76.9 Å². The van der Waals surface area contributed by atoms with Crippen molar-refractivity contribution >= 4 is 34.0 Å². The van der Waals surface area contributed by atoms with Crippen molar-refractivity contribution in [2.24, 2.45) is 0 Å². The fourth-order valence-electron chi connectivity index (χ4n) is 2.65. The monoisotopic (exact) mass is 419 g/mol. The van der Waals surface area contributed by atoms with Crippen LogP contribution in [0, 0.1) is 0 Å². The molecule has 0 radical (unpaired) electrons. The Bertz CT molecular complexity index is 884. The highest BCUT2D eigenvalue weighted by molar-refractivity contribution is 8.23. The third-order valence-corrected chi connectivity index (χ3v) is 5.24. The van der Waals surface area contributed by atoms with Gasteiger partial charge in [0.25, 0.3) is 0 Å². The van der Waals surface area contributed by atoms with E-state index in [-0.39, 0.29) is 9.88 Å². The predicted molar refractivity (Wildman–Crippen MR) is 96.9 cm³/mol. The third-order valence-electron chi connectivity index (χ3n) is 3.88. The van der Waals surface area contributed by atoms with E-state index in [9.17, 15) is 26.3 Å². The van der Waals surface area contributed by atoms with Crippen LogP contribution in [0.15, 0.2) is 54.6 Å². The molecule has 0 saturated heterocycles. The summed E-state index contributed by atoms with van der Waals surface area (Å²) < 4.78 is 78.2. The van der Waals surface area contributed by atoms with Crippen molar-refractivity contribution in [1.82, 2.24) is 5.32 Å². The standard InChI is InChI=1S/C18H11F6NS2/c19-17(20,21)11-7-5-10(6-8-11)14-9-15(27-16(26)25-14)12-3-1-2-4-13(12)18(22,23)24/h1-9,15H,(H,25,26). The molecule has 2 aromatic carbocycles. The Balaban J connectivity index is 2.00. The van der Waals surface area contributed by atoms with E-state index >= 15 is 0 Å². The predicted octanol–water partition coefficient (Wildman–Crippen LogP) is 6.43. The van der Waals surface area contributed by atoms with E-state index in [0.717, 1.165) is 30.0 Å². The summed E-state index contributed by atoms with van der Waals surface area (Å²) >= 11 is 6.17. The first kappa shape index (κ1) is 19.8. The van der Waals surface area contributed by atoms with Gasteiger partial charge in [0.15, 0.2) is 0 Å². The molecule has 1 unspecified atom stereocenters. The molecule has 0 aliphatic carbocycles. The Morgan fingerprint density at radius 3 is 2.07 bits per heavy atom. The maximum atomic E-state index is 13.3. The smallest absolute Gasteiger partial charge is 0.341 e. The molecular formula is C18H11F6NS2. The minimum Gasteiger partial charge on any atom is -0.341 e. The van der Waals surface area contributed by atoms with E-state index < -0.39 is 28.7 Å². The average Bonchev–Trinajstić information content (AvgIpc) is 2.60. The molecule has 27 heavy (non-hydrogen) atoms. The van der Waals surface area contributed by atoms with E-state index in [1.165, 1.54) is 36.4 Å². The van der Waals surface area contributed by atoms with Gasteiger partial charge in [0.2, 0.25) is 0 Å². The molecular weight excluding hydrogens is 408 g/mol. The number of benzene rings is 2. The van der Waals surface area contributed by atoms with Gasteiger partial charge in [-0.1, -0.05) is 54.3 Å². The Morgan fingerprint density at radius 1 is 0.852 bits per heavy atom. The lowest BCUT2D eigenvalue weighted by Gasteiger charge is -2.25. The second-order valence-corrected chi connectivity index (χ2v) is 7.51. The molecule has 1 aliphatic rings. The molecule has 2 aromatic rings. The molecule has 1 atom stereocenters. The van der Waals surface area contributed by atoms with Gasteiger partial charge in [0.1, 0.15) is 4.32 Å². The fraction of sp³-hybridized carbons (Fsp3) is 0.167. The molecule has 3 rings (SSSR count). The van der Waals surface area contributed by atoms with Crippen LogP contribution < -0.4 is 5.32 Å². The zero-order chi connectivity index (χ0) is 19.8. The zero-order valence-electron chi connectivity index (χ0n) is 13.4. The molecule has 0 spiro atoms. The van der Waals surface area contributed by atoms with E-state index in [4.69, 9.17) is 12.2 Å². The Kier molecular flexibility index (Phi) is 5.27. The van der Waals surface area contributed by atoms with Crippen LogP contribution in [-0.2, 0) is 12.4 Å². The van der Waals surface area contributed by atoms with Crippen molar-refractivity contribution in [3.63, 3.8) is 0 Å². The van der Waals surface area contributed by atoms with Crippen LogP contribution in [0.1, 0.15) is 27.5 Å². The minimum atomic E-state index is -4.52. The Hall–Kier alpha value is -2.00. The van der Waals surface area contributed by atoms with Crippen LogP contribution in [-0.4, -0.2) is 4.32 Å². The summed E-state index contributed by atoms with van der Waals surface area (Å²) in [4.78, 5) is 0. The molecule has 0 fully saturated rings. The molecule has 1 nitrogen and oxygen atoms in total. The van der Waals surface area contributed by atoms with E-state index in [1.54, 1.807) is 0 Å².